The van der Waals surface area contributed by atoms with Crippen molar-refractivity contribution in [2.75, 3.05) is 41.4 Å². The zero-order chi connectivity index (χ0) is 23.3. The van der Waals surface area contributed by atoms with Gasteiger partial charge in [0.25, 0.3) is 0 Å². The molecule has 5 rings (SSSR count). The molecule has 0 amide bonds. The normalized spacial score (nSPS) is 16.9. The fraction of sp³-hybridized carbons (Fsp3) is 0.417. The van der Waals surface area contributed by atoms with Crippen LogP contribution < -0.4 is 15.2 Å². The number of hydrazone groups is 1. The molecule has 0 atom stereocenters. The Labute approximate surface area is 209 Å². The summed E-state index contributed by atoms with van der Waals surface area (Å²) in [5.74, 6) is 3.04. The molecule has 8 nitrogen and oxygen atoms in total. The summed E-state index contributed by atoms with van der Waals surface area (Å²) in [7, 11) is 0. The molecular weight excluding hydrogens is 473 g/mol. The highest BCUT2D eigenvalue weighted by Crippen LogP contribution is 2.34. The molecule has 178 valence electrons. The molecule has 1 aromatic carbocycles. The molecule has 34 heavy (non-hydrogen) atoms. The zero-order valence-electron chi connectivity index (χ0n) is 18.9. The Bertz CT molecular complexity index is 1120. The standard InChI is InChI=1S/C24H27Cl2N7O/c25-19-9-7-8-18(21(19)26)20-11-10-17(34-20)16-27-31-22-28-23(32-12-3-1-4-13-32)30-24(29-22)33-14-5-2-6-15-33/h7-11,16H,1-6,12-15H2,(H,28,29,30,31)/b27-16+. The summed E-state index contributed by atoms with van der Waals surface area (Å²) in [6.45, 7) is 3.86. The van der Waals surface area contributed by atoms with Crippen molar-refractivity contribution >= 4 is 47.3 Å². The van der Waals surface area contributed by atoms with Crippen LogP contribution in [0, 0.1) is 0 Å². The molecule has 0 bridgehead atoms. The number of nitrogens with zero attached hydrogens (tertiary/aromatic N) is 6. The van der Waals surface area contributed by atoms with Crippen LogP contribution in [-0.2, 0) is 0 Å². The number of anilines is 3. The summed E-state index contributed by atoms with van der Waals surface area (Å²) >= 11 is 12.4. The van der Waals surface area contributed by atoms with Gasteiger partial charge in [0.2, 0.25) is 17.8 Å². The summed E-state index contributed by atoms with van der Waals surface area (Å²) in [6.07, 6.45) is 8.72. The van der Waals surface area contributed by atoms with Gasteiger partial charge in [0, 0.05) is 31.7 Å². The number of rotatable bonds is 6. The van der Waals surface area contributed by atoms with Gasteiger partial charge in [0.1, 0.15) is 11.5 Å². The van der Waals surface area contributed by atoms with E-state index in [9.17, 15) is 0 Å². The molecule has 0 radical (unpaired) electrons. The third kappa shape index (κ3) is 5.28. The minimum atomic E-state index is 0.428. The molecule has 3 aromatic rings. The lowest BCUT2D eigenvalue weighted by Crippen LogP contribution is -2.34. The fourth-order valence-corrected chi connectivity index (χ4v) is 4.68. The molecule has 0 saturated carbocycles. The Morgan fingerprint density at radius 3 is 2.12 bits per heavy atom. The first-order valence-electron chi connectivity index (χ1n) is 11.8. The van der Waals surface area contributed by atoms with Crippen molar-refractivity contribution in [3.8, 4) is 11.3 Å². The van der Waals surface area contributed by atoms with Crippen LogP contribution in [0.1, 0.15) is 44.3 Å². The van der Waals surface area contributed by atoms with Crippen LogP contribution in [0.2, 0.25) is 10.0 Å². The summed E-state index contributed by atoms with van der Waals surface area (Å²) in [4.78, 5) is 18.6. The molecular formula is C24H27Cl2N7O. The van der Waals surface area contributed by atoms with E-state index in [4.69, 9.17) is 32.6 Å². The monoisotopic (exact) mass is 499 g/mol. The topological polar surface area (TPSA) is 82.7 Å². The SMILES string of the molecule is Clc1cccc(-c2ccc(/C=N/Nc3nc(N4CCCCC4)nc(N4CCCCC4)n3)o2)c1Cl. The second kappa shape index (κ2) is 10.6. The predicted octanol–water partition coefficient (Wildman–Crippen LogP) is 5.87. The van der Waals surface area contributed by atoms with Crippen LogP contribution in [0.15, 0.2) is 39.9 Å². The number of piperidine rings is 2. The van der Waals surface area contributed by atoms with E-state index < -0.39 is 0 Å². The van der Waals surface area contributed by atoms with Gasteiger partial charge in [-0.15, -0.1) is 0 Å². The average molecular weight is 500 g/mol. The van der Waals surface area contributed by atoms with E-state index in [0.717, 1.165) is 57.4 Å². The largest absolute Gasteiger partial charge is 0.455 e. The molecule has 1 N–H and O–H groups in total. The van der Waals surface area contributed by atoms with Gasteiger partial charge >= 0.3 is 0 Å². The van der Waals surface area contributed by atoms with Gasteiger partial charge in [0.15, 0.2) is 0 Å². The number of furan rings is 1. The van der Waals surface area contributed by atoms with E-state index in [2.05, 4.69) is 30.3 Å². The first-order chi connectivity index (χ1) is 16.7. The minimum Gasteiger partial charge on any atom is -0.455 e. The maximum Gasteiger partial charge on any atom is 0.250 e. The van der Waals surface area contributed by atoms with Crippen molar-refractivity contribution in [2.24, 2.45) is 5.10 Å². The molecule has 2 fully saturated rings. The van der Waals surface area contributed by atoms with Crippen LogP contribution >= 0.6 is 23.2 Å². The van der Waals surface area contributed by atoms with Crippen LogP contribution in [0.4, 0.5) is 17.8 Å². The van der Waals surface area contributed by atoms with Gasteiger partial charge in [-0.05, 0) is 62.8 Å². The molecule has 2 aromatic heterocycles. The number of benzene rings is 1. The number of hydrogen-bond acceptors (Lipinski definition) is 8. The third-order valence-corrected chi connectivity index (χ3v) is 6.91. The van der Waals surface area contributed by atoms with E-state index >= 15 is 0 Å². The van der Waals surface area contributed by atoms with Gasteiger partial charge < -0.3 is 14.2 Å². The quantitative estimate of drug-likeness (QED) is 0.335. The van der Waals surface area contributed by atoms with Crippen LogP contribution in [0.3, 0.4) is 0 Å². The summed E-state index contributed by atoms with van der Waals surface area (Å²) < 4.78 is 5.88. The van der Waals surface area contributed by atoms with Crippen molar-refractivity contribution in [3.05, 3.63) is 46.1 Å². The smallest absolute Gasteiger partial charge is 0.250 e. The van der Waals surface area contributed by atoms with Gasteiger partial charge in [-0.25, -0.2) is 5.43 Å². The molecule has 0 spiro atoms. The van der Waals surface area contributed by atoms with Crippen molar-refractivity contribution in [1.82, 2.24) is 15.0 Å². The number of halogens is 2. The summed E-state index contributed by atoms with van der Waals surface area (Å²) in [5, 5.41) is 5.26. The second-order valence-electron chi connectivity index (χ2n) is 8.53. The molecule has 0 unspecified atom stereocenters. The third-order valence-electron chi connectivity index (χ3n) is 6.09. The lowest BCUT2D eigenvalue weighted by molar-refractivity contribution is 0.556. The predicted molar refractivity (Wildman–Crippen MR) is 137 cm³/mol. The van der Waals surface area contributed by atoms with E-state index in [1.54, 1.807) is 12.3 Å². The van der Waals surface area contributed by atoms with Crippen molar-refractivity contribution < 1.29 is 4.42 Å². The minimum absolute atomic E-state index is 0.428. The van der Waals surface area contributed by atoms with E-state index in [1.165, 1.54) is 12.8 Å². The van der Waals surface area contributed by atoms with Gasteiger partial charge in [-0.1, -0.05) is 29.3 Å². The zero-order valence-corrected chi connectivity index (χ0v) is 20.4. The highest BCUT2D eigenvalue weighted by molar-refractivity contribution is 6.43. The van der Waals surface area contributed by atoms with Crippen LogP contribution in [0.5, 0.6) is 0 Å². The van der Waals surface area contributed by atoms with Crippen molar-refractivity contribution in [3.63, 3.8) is 0 Å². The Balaban J connectivity index is 1.34. The highest BCUT2D eigenvalue weighted by Gasteiger charge is 2.20. The highest BCUT2D eigenvalue weighted by atomic mass is 35.5. The molecule has 2 aliphatic rings. The maximum atomic E-state index is 6.31. The molecule has 2 saturated heterocycles. The lowest BCUT2D eigenvalue weighted by atomic mass is 10.1. The van der Waals surface area contributed by atoms with Crippen LogP contribution in [-0.4, -0.2) is 47.3 Å². The van der Waals surface area contributed by atoms with Gasteiger partial charge in [0.05, 0.1) is 16.3 Å². The molecule has 0 aliphatic carbocycles. The number of nitrogens with one attached hydrogen (secondary N) is 1. The van der Waals surface area contributed by atoms with E-state index in [-0.39, 0.29) is 0 Å². The molecule has 2 aliphatic heterocycles. The molecule has 10 heteroatoms. The lowest BCUT2D eigenvalue weighted by Gasteiger charge is -2.30. The average Bonchev–Trinajstić information content (AvgIpc) is 3.35. The number of aromatic nitrogens is 3. The Morgan fingerprint density at radius 2 is 1.47 bits per heavy atom. The number of hydrogen-bond donors (Lipinski definition) is 1. The fourth-order valence-electron chi connectivity index (χ4n) is 4.29. The second-order valence-corrected chi connectivity index (χ2v) is 9.31. The summed E-state index contributed by atoms with van der Waals surface area (Å²) in [6, 6.07) is 9.10. The van der Waals surface area contributed by atoms with Crippen molar-refractivity contribution in [2.45, 2.75) is 38.5 Å². The van der Waals surface area contributed by atoms with Gasteiger partial charge in [-0.3, -0.25) is 0 Å². The Morgan fingerprint density at radius 1 is 0.824 bits per heavy atom. The Hall–Kier alpha value is -2.84. The van der Waals surface area contributed by atoms with Crippen LogP contribution in [0.25, 0.3) is 11.3 Å². The summed E-state index contributed by atoms with van der Waals surface area (Å²) in [5.41, 5.74) is 3.70. The van der Waals surface area contributed by atoms with E-state index in [1.807, 2.05) is 24.3 Å². The maximum absolute atomic E-state index is 6.31. The van der Waals surface area contributed by atoms with E-state index in [0.29, 0.717) is 39.4 Å². The Kier molecular flexibility index (Phi) is 7.16. The van der Waals surface area contributed by atoms with Gasteiger partial charge in [-0.2, -0.15) is 20.1 Å². The first-order valence-corrected chi connectivity index (χ1v) is 12.5. The molecule has 4 heterocycles. The first kappa shape index (κ1) is 22.9. The van der Waals surface area contributed by atoms with Crippen molar-refractivity contribution in [1.29, 1.82) is 0 Å².